The van der Waals surface area contributed by atoms with Crippen LogP contribution in [0, 0.1) is 5.82 Å². The summed E-state index contributed by atoms with van der Waals surface area (Å²) in [6, 6.07) is 13.1. The molecule has 0 aliphatic rings. The Kier molecular flexibility index (Phi) is 8.49. The zero-order chi connectivity index (χ0) is 31.8. The number of hydrogen-bond acceptors (Lipinski definition) is 6. The largest absolute Gasteiger partial charge is 0.435 e. The van der Waals surface area contributed by atoms with Gasteiger partial charge in [-0.25, -0.2) is 9.37 Å². The minimum atomic E-state index is -4.81. The van der Waals surface area contributed by atoms with Crippen molar-refractivity contribution in [3.63, 3.8) is 0 Å². The molecular formula is C30H26F7N5O2. The third-order valence-corrected chi connectivity index (χ3v) is 7.16. The van der Waals surface area contributed by atoms with Gasteiger partial charge in [-0.3, -0.25) is 4.90 Å². The summed E-state index contributed by atoms with van der Waals surface area (Å²) in [5.74, 6) is -0.175. The second-order valence-corrected chi connectivity index (χ2v) is 10.3. The van der Waals surface area contributed by atoms with Crippen LogP contribution in [0.5, 0.6) is 0 Å². The van der Waals surface area contributed by atoms with Crippen molar-refractivity contribution in [3.8, 4) is 34.0 Å². The highest BCUT2D eigenvalue weighted by molar-refractivity contribution is 5.84. The summed E-state index contributed by atoms with van der Waals surface area (Å²) in [7, 11) is 1.71. The highest BCUT2D eigenvalue weighted by atomic mass is 19.4. The van der Waals surface area contributed by atoms with E-state index in [1.54, 1.807) is 48.9 Å². The van der Waals surface area contributed by atoms with E-state index in [2.05, 4.69) is 15.2 Å². The zero-order valence-electron chi connectivity index (χ0n) is 23.4. The average Bonchev–Trinajstić information content (AvgIpc) is 3.59. The maximum atomic E-state index is 14.2. The summed E-state index contributed by atoms with van der Waals surface area (Å²) in [5, 5.41) is 17.2. The van der Waals surface area contributed by atoms with Gasteiger partial charge in [0.1, 0.15) is 23.2 Å². The van der Waals surface area contributed by atoms with Crippen molar-refractivity contribution >= 4 is 11.1 Å². The first kappa shape index (κ1) is 31.1. The molecule has 7 nitrogen and oxygen atoms in total. The van der Waals surface area contributed by atoms with Crippen LogP contribution in [0.4, 0.5) is 30.7 Å². The van der Waals surface area contributed by atoms with Crippen LogP contribution in [0.3, 0.4) is 0 Å². The van der Waals surface area contributed by atoms with Gasteiger partial charge in [-0.15, -0.1) is 10.2 Å². The minimum Gasteiger partial charge on any atom is -0.435 e. The first-order valence-electron chi connectivity index (χ1n) is 13.5. The van der Waals surface area contributed by atoms with Crippen LogP contribution < -0.4 is 0 Å². The molecule has 3 aromatic carbocycles. The van der Waals surface area contributed by atoms with E-state index >= 15 is 0 Å². The number of alkyl halides is 6. The smallest absolute Gasteiger partial charge is 0.420 e. The monoisotopic (exact) mass is 621 g/mol. The number of aryl methyl sites for hydroxylation is 1. The molecule has 0 aliphatic heterocycles. The molecule has 0 unspecified atom stereocenters. The van der Waals surface area contributed by atoms with Gasteiger partial charge < -0.3 is 14.1 Å². The van der Waals surface area contributed by atoms with Crippen molar-refractivity contribution in [2.45, 2.75) is 38.3 Å². The number of aromatic nitrogens is 4. The van der Waals surface area contributed by atoms with Gasteiger partial charge in [-0.05, 0) is 66.1 Å². The Labute approximate surface area is 246 Å². The lowest BCUT2D eigenvalue weighted by Crippen LogP contribution is -2.34. The molecule has 44 heavy (non-hydrogen) atoms. The van der Waals surface area contributed by atoms with E-state index in [-0.39, 0.29) is 36.6 Å². The highest BCUT2D eigenvalue weighted by Gasteiger charge is 2.38. The van der Waals surface area contributed by atoms with Gasteiger partial charge in [0.2, 0.25) is 5.89 Å². The zero-order valence-corrected chi connectivity index (χ0v) is 23.4. The van der Waals surface area contributed by atoms with Crippen LogP contribution in [-0.4, -0.2) is 55.1 Å². The molecule has 2 heterocycles. The second kappa shape index (κ2) is 12.0. The molecule has 1 atom stereocenters. The van der Waals surface area contributed by atoms with E-state index < -0.39 is 41.8 Å². The molecule has 0 saturated heterocycles. The molecule has 0 bridgehead atoms. The van der Waals surface area contributed by atoms with Gasteiger partial charge in [0.05, 0.1) is 0 Å². The van der Waals surface area contributed by atoms with E-state index in [1.807, 2.05) is 0 Å². The normalized spacial score (nSPS) is 13.2. The van der Waals surface area contributed by atoms with E-state index in [0.29, 0.717) is 28.1 Å². The Morgan fingerprint density at radius 1 is 0.977 bits per heavy atom. The lowest BCUT2D eigenvalue weighted by atomic mass is 9.97. The predicted molar refractivity (Wildman–Crippen MR) is 147 cm³/mol. The third kappa shape index (κ3) is 6.60. The molecular weight excluding hydrogens is 595 g/mol. The van der Waals surface area contributed by atoms with Gasteiger partial charge in [0.15, 0.2) is 17.5 Å². The Morgan fingerprint density at radius 3 is 2.39 bits per heavy atom. The highest BCUT2D eigenvalue weighted by Crippen LogP contribution is 2.39. The summed E-state index contributed by atoms with van der Waals surface area (Å²) >= 11 is 0. The number of benzene rings is 3. The van der Waals surface area contributed by atoms with E-state index in [1.165, 1.54) is 29.4 Å². The van der Waals surface area contributed by atoms with Crippen molar-refractivity contribution < 1.29 is 40.3 Å². The number of fused-ring (bicyclic) bond motifs is 1. The van der Waals surface area contributed by atoms with E-state index in [4.69, 9.17) is 4.42 Å². The molecule has 0 spiro atoms. The lowest BCUT2D eigenvalue weighted by molar-refractivity contribution is -0.206. The van der Waals surface area contributed by atoms with Gasteiger partial charge in [-0.1, -0.05) is 25.1 Å². The van der Waals surface area contributed by atoms with Crippen molar-refractivity contribution in [3.05, 3.63) is 77.9 Å². The summed E-state index contributed by atoms with van der Waals surface area (Å²) < 4.78 is 102. The average molecular weight is 622 g/mol. The molecule has 0 amide bonds. The fraction of sp³-hybridized carbons (Fsp3) is 0.300. The van der Waals surface area contributed by atoms with Crippen molar-refractivity contribution in [1.82, 2.24) is 24.6 Å². The molecule has 0 saturated carbocycles. The summed E-state index contributed by atoms with van der Waals surface area (Å²) in [6.07, 6.45) is -11.3. The van der Waals surface area contributed by atoms with Crippen LogP contribution in [0.15, 0.2) is 65.3 Å². The van der Waals surface area contributed by atoms with Gasteiger partial charge in [0.25, 0.3) is 0 Å². The molecule has 0 fully saturated rings. The maximum absolute atomic E-state index is 14.2. The Hall–Kier alpha value is -4.30. The molecule has 5 rings (SSSR count). The number of aliphatic hydroxyl groups is 1. The number of oxazole rings is 1. The molecule has 5 aromatic rings. The predicted octanol–water partition coefficient (Wildman–Crippen LogP) is 7.25. The fourth-order valence-electron chi connectivity index (χ4n) is 4.89. The Morgan fingerprint density at radius 2 is 1.73 bits per heavy atom. The first-order valence-corrected chi connectivity index (χ1v) is 13.5. The van der Waals surface area contributed by atoms with E-state index in [0.717, 1.165) is 6.07 Å². The molecule has 0 radical (unpaired) electrons. The molecule has 232 valence electrons. The van der Waals surface area contributed by atoms with Crippen LogP contribution >= 0.6 is 0 Å². The summed E-state index contributed by atoms with van der Waals surface area (Å²) in [6.45, 7) is 1.60. The number of nitrogens with zero attached hydrogens (tertiary/aromatic N) is 5. The molecule has 0 aliphatic carbocycles. The number of halogens is 7. The van der Waals surface area contributed by atoms with Crippen LogP contribution in [0.25, 0.3) is 45.1 Å². The van der Waals surface area contributed by atoms with E-state index in [9.17, 15) is 35.8 Å². The van der Waals surface area contributed by atoms with Crippen molar-refractivity contribution in [2.24, 2.45) is 7.05 Å². The quantitative estimate of drug-likeness (QED) is 0.175. The molecule has 1 N–H and O–H groups in total. The van der Waals surface area contributed by atoms with Crippen LogP contribution in [0.2, 0.25) is 0 Å². The lowest BCUT2D eigenvalue weighted by Gasteiger charge is -2.23. The fourth-order valence-corrected chi connectivity index (χ4v) is 4.89. The Balaban J connectivity index is 1.51. The second-order valence-electron chi connectivity index (χ2n) is 10.3. The molecule has 14 heteroatoms. The van der Waals surface area contributed by atoms with Gasteiger partial charge in [-0.2, -0.15) is 26.3 Å². The number of aliphatic hydroxyl groups excluding tert-OH is 1. The third-order valence-electron chi connectivity index (χ3n) is 7.16. The maximum Gasteiger partial charge on any atom is 0.420 e. The van der Waals surface area contributed by atoms with Crippen molar-refractivity contribution in [1.29, 1.82) is 0 Å². The minimum absolute atomic E-state index is 0.0804. The Bertz CT molecular complexity index is 1780. The SMILES string of the molecule is CCN(CC[C@@H](O)C(F)(F)F)Cc1cc(C(F)(F)F)c2oc(-c3cccc(-c4ccc(F)cc4-c4nncn4C)c3)nc2c1. The van der Waals surface area contributed by atoms with Crippen LogP contribution in [0.1, 0.15) is 24.5 Å². The van der Waals surface area contributed by atoms with Crippen molar-refractivity contribution in [2.75, 3.05) is 13.1 Å². The summed E-state index contributed by atoms with van der Waals surface area (Å²) in [5.41, 5.74) is 0.524. The number of hydrogen-bond donors (Lipinski definition) is 1. The summed E-state index contributed by atoms with van der Waals surface area (Å²) in [4.78, 5) is 5.83. The standard InChI is InChI=1S/C30H26F7N5O2/c1-3-42(10-9-25(43)30(35,36)37)15-17-11-23(29(32,33)34)26-24(12-17)39-28(44-26)19-6-4-5-18(13-19)21-8-7-20(31)14-22(21)27-40-38-16-41(27)2/h4-8,11-14,16,25,43H,3,9-10,15H2,1-2H3/t25-/m1/s1. The topological polar surface area (TPSA) is 80.2 Å². The van der Waals surface area contributed by atoms with Gasteiger partial charge in [0, 0.05) is 31.3 Å². The van der Waals surface area contributed by atoms with Gasteiger partial charge >= 0.3 is 12.4 Å². The molecule has 2 aromatic heterocycles. The van der Waals surface area contributed by atoms with Crippen LogP contribution in [-0.2, 0) is 19.8 Å². The number of rotatable bonds is 9. The first-order chi connectivity index (χ1) is 20.7.